The van der Waals surface area contributed by atoms with E-state index in [4.69, 9.17) is 27.9 Å². The lowest BCUT2D eigenvalue weighted by Crippen LogP contribution is -2.35. The van der Waals surface area contributed by atoms with Crippen molar-refractivity contribution in [2.45, 2.75) is 50.3 Å². The summed E-state index contributed by atoms with van der Waals surface area (Å²) in [6.07, 6.45) is 0.373. The Hall–Kier alpha value is -2.13. The third kappa shape index (κ3) is 6.20. The molecule has 1 unspecified atom stereocenters. The highest BCUT2D eigenvalue weighted by Crippen LogP contribution is 2.31. The largest absolute Gasteiger partial charge is 0.449 e. The van der Waals surface area contributed by atoms with Gasteiger partial charge in [-0.15, -0.1) is 0 Å². The second-order valence-corrected chi connectivity index (χ2v) is 9.91. The Morgan fingerprint density at radius 1 is 1.13 bits per heavy atom. The lowest BCUT2D eigenvalue weighted by Gasteiger charge is -2.15. The van der Waals surface area contributed by atoms with Gasteiger partial charge in [0.15, 0.2) is 6.10 Å². The van der Waals surface area contributed by atoms with Crippen molar-refractivity contribution in [1.82, 2.24) is 10.0 Å². The van der Waals surface area contributed by atoms with Crippen LogP contribution in [0.1, 0.15) is 41.3 Å². The van der Waals surface area contributed by atoms with Crippen LogP contribution in [0.25, 0.3) is 0 Å². The average molecular weight is 485 g/mol. The number of benzene rings is 2. The number of aryl methyl sites for hydroxylation is 1. The summed E-state index contributed by atoms with van der Waals surface area (Å²) in [6, 6.07) is 9.73. The van der Waals surface area contributed by atoms with E-state index in [0.717, 1.165) is 30.0 Å². The van der Waals surface area contributed by atoms with Crippen molar-refractivity contribution in [2.24, 2.45) is 0 Å². The fourth-order valence-corrected chi connectivity index (χ4v) is 4.85. The van der Waals surface area contributed by atoms with Gasteiger partial charge in [-0.05, 0) is 44.4 Å². The van der Waals surface area contributed by atoms with Crippen LogP contribution in [0.3, 0.4) is 0 Å². The van der Waals surface area contributed by atoms with Crippen LogP contribution in [0.2, 0.25) is 10.0 Å². The molecule has 0 bridgehead atoms. The first-order valence-corrected chi connectivity index (χ1v) is 11.9. The molecule has 31 heavy (non-hydrogen) atoms. The number of amides is 1. The van der Waals surface area contributed by atoms with Gasteiger partial charge in [0.1, 0.15) is 4.90 Å². The number of sulfonamides is 1. The second-order valence-electron chi connectivity index (χ2n) is 7.41. The van der Waals surface area contributed by atoms with Gasteiger partial charge in [-0.25, -0.2) is 17.9 Å². The molecule has 1 saturated carbocycles. The molecule has 10 heteroatoms. The first-order chi connectivity index (χ1) is 14.6. The molecule has 0 aliphatic heterocycles. The first-order valence-electron chi connectivity index (χ1n) is 9.62. The third-order valence-corrected chi connectivity index (χ3v) is 6.97. The van der Waals surface area contributed by atoms with Crippen molar-refractivity contribution in [2.75, 3.05) is 0 Å². The molecule has 1 aliphatic carbocycles. The van der Waals surface area contributed by atoms with E-state index in [1.165, 1.54) is 13.0 Å². The summed E-state index contributed by atoms with van der Waals surface area (Å²) in [5.74, 6) is -1.43. The van der Waals surface area contributed by atoms with E-state index in [0.29, 0.717) is 0 Å². The highest BCUT2D eigenvalue weighted by molar-refractivity contribution is 7.89. The minimum atomic E-state index is -3.92. The van der Waals surface area contributed by atoms with Crippen LogP contribution in [0.5, 0.6) is 0 Å². The van der Waals surface area contributed by atoms with Crippen LogP contribution >= 0.6 is 23.2 Å². The number of hydrogen-bond donors (Lipinski definition) is 2. The van der Waals surface area contributed by atoms with Crippen LogP contribution in [0, 0.1) is 6.92 Å². The molecule has 0 heterocycles. The normalized spacial score (nSPS) is 14.7. The van der Waals surface area contributed by atoms with E-state index in [2.05, 4.69) is 10.0 Å². The smallest absolute Gasteiger partial charge is 0.340 e. The van der Waals surface area contributed by atoms with Gasteiger partial charge in [0.2, 0.25) is 10.0 Å². The van der Waals surface area contributed by atoms with Crippen LogP contribution in [0.15, 0.2) is 41.3 Å². The van der Waals surface area contributed by atoms with Gasteiger partial charge < -0.3 is 10.1 Å². The molecule has 3 rings (SSSR count). The van der Waals surface area contributed by atoms with Gasteiger partial charge in [0, 0.05) is 12.6 Å². The summed E-state index contributed by atoms with van der Waals surface area (Å²) >= 11 is 12.1. The first kappa shape index (κ1) is 23.5. The van der Waals surface area contributed by atoms with Crippen molar-refractivity contribution < 1.29 is 22.7 Å². The van der Waals surface area contributed by atoms with E-state index in [1.807, 2.05) is 31.2 Å². The lowest BCUT2D eigenvalue weighted by molar-refractivity contribution is -0.129. The Morgan fingerprint density at radius 3 is 2.39 bits per heavy atom. The van der Waals surface area contributed by atoms with Crippen molar-refractivity contribution in [3.05, 3.63) is 63.1 Å². The lowest BCUT2D eigenvalue weighted by atomic mass is 10.1. The Labute approximate surface area is 191 Å². The number of esters is 1. The summed E-state index contributed by atoms with van der Waals surface area (Å²) < 4.78 is 32.7. The van der Waals surface area contributed by atoms with Gasteiger partial charge >= 0.3 is 5.97 Å². The molecule has 1 fully saturated rings. The number of halogens is 2. The Morgan fingerprint density at radius 2 is 1.77 bits per heavy atom. The number of ether oxygens (including phenoxy) is 1. The summed E-state index contributed by atoms with van der Waals surface area (Å²) in [5, 5.41) is 2.50. The zero-order chi connectivity index (χ0) is 22.8. The molecule has 1 amide bonds. The van der Waals surface area contributed by atoms with Gasteiger partial charge in [-0.3, -0.25) is 4.79 Å². The number of rotatable bonds is 8. The molecule has 1 atom stereocenters. The highest BCUT2D eigenvalue weighted by atomic mass is 35.5. The fourth-order valence-electron chi connectivity index (χ4n) is 2.69. The Balaban J connectivity index is 1.67. The molecule has 2 N–H and O–H groups in total. The molecule has 7 nitrogen and oxygen atoms in total. The topological polar surface area (TPSA) is 102 Å². The summed E-state index contributed by atoms with van der Waals surface area (Å²) in [5.41, 5.74) is 1.81. The van der Waals surface area contributed by atoms with Crippen LogP contribution in [-0.4, -0.2) is 32.4 Å². The quantitative estimate of drug-likeness (QED) is 0.557. The van der Waals surface area contributed by atoms with Crippen molar-refractivity contribution >= 4 is 45.1 Å². The van der Waals surface area contributed by atoms with E-state index >= 15 is 0 Å². The van der Waals surface area contributed by atoms with E-state index in [-0.39, 0.29) is 33.1 Å². The van der Waals surface area contributed by atoms with E-state index in [1.54, 1.807) is 0 Å². The Kier molecular flexibility index (Phi) is 7.26. The van der Waals surface area contributed by atoms with Crippen molar-refractivity contribution in [1.29, 1.82) is 0 Å². The van der Waals surface area contributed by atoms with Gasteiger partial charge in [0.25, 0.3) is 5.91 Å². The third-order valence-electron chi connectivity index (χ3n) is 4.67. The standard InChI is InChI=1S/C21H22Cl2N2O5S/c1-12-3-5-14(6-4-12)11-24-20(26)13(2)30-21(27)16-9-19(18(23)10-17(16)22)31(28,29)25-15-7-8-15/h3-6,9-10,13,15,25H,7-8,11H2,1-2H3,(H,24,26). The van der Waals surface area contributed by atoms with Crippen LogP contribution in [0.4, 0.5) is 0 Å². The summed E-state index contributed by atoms with van der Waals surface area (Å²) in [4.78, 5) is 24.6. The maximum atomic E-state index is 12.6. The summed E-state index contributed by atoms with van der Waals surface area (Å²) in [7, 11) is -3.92. The number of nitrogens with one attached hydrogen (secondary N) is 2. The highest BCUT2D eigenvalue weighted by Gasteiger charge is 2.31. The van der Waals surface area contributed by atoms with Crippen LogP contribution < -0.4 is 10.0 Å². The Bertz CT molecular complexity index is 1100. The van der Waals surface area contributed by atoms with Gasteiger partial charge in [0.05, 0.1) is 15.6 Å². The van der Waals surface area contributed by atoms with Gasteiger partial charge in [-0.2, -0.15) is 0 Å². The molecular formula is C21H22Cl2N2O5S. The number of carbonyl (C=O) groups is 2. The molecular weight excluding hydrogens is 463 g/mol. The molecule has 2 aromatic carbocycles. The van der Waals surface area contributed by atoms with E-state index < -0.39 is 28.0 Å². The maximum absolute atomic E-state index is 12.6. The monoisotopic (exact) mass is 484 g/mol. The molecule has 166 valence electrons. The van der Waals surface area contributed by atoms with Crippen molar-refractivity contribution in [3.63, 3.8) is 0 Å². The van der Waals surface area contributed by atoms with Crippen molar-refractivity contribution in [3.8, 4) is 0 Å². The molecule has 0 saturated heterocycles. The SMILES string of the molecule is Cc1ccc(CNC(=O)C(C)OC(=O)c2cc(S(=O)(=O)NC3CC3)c(Cl)cc2Cl)cc1. The predicted molar refractivity (Wildman–Crippen MR) is 118 cm³/mol. The maximum Gasteiger partial charge on any atom is 0.340 e. The minimum absolute atomic E-state index is 0.0763. The number of carbonyl (C=O) groups excluding carboxylic acids is 2. The molecule has 0 radical (unpaired) electrons. The number of hydrogen-bond acceptors (Lipinski definition) is 5. The average Bonchev–Trinajstić information content (AvgIpc) is 3.50. The predicted octanol–water partition coefficient (Wildman–Crippen LogP) is 3.60. The zero-order valence-corrected chi connectivity index (χ0v) is 19.3. The summed E-state index contributed by atoms with van der Waals surface area (Å²) in [6.45, 7) is 3.65. The fraction of sp³-hybridized carbons (Fsp3) is 0.333. The zero-order valence-electron chi connectivity index (χ0n) is 16.9. The molecule has 0 spiro atoms. The van der Waals surface area contributed by atoms with Gasteiger partial charge in [-0.1, -0.05) is 53.0 Å². The molecule has 2 aromatic rings. The second kappa shape index (κ2) is 9.56. The van der Waals surface area contributed by atoms with Crippen LogP contribution in [-0.2, 0) is 26.1 Å². The molecule has 0 aromatic heterocycles. The molecule has 1 aliphatic rings. The minimum Gasteiger partial charge on any atom is -0.449 e. The van der Waals surface area contributed by atoms with E-state index in [9.17, 15) is 18.0 Å².